The first-order valence-corrected chi connectivity index (χ1v) is 11.3. The molecule has 0 aliphatic heterocycles. The molecule has 0 radical (unpaired) electrons. The summed E-state index contributed by atoms with van der Waals surface area (Å²) >= 11 is 12.3. The predicted octanol–water partition coefficient (Wildman–Crippen LogP) is 5.27. The molecule has 1 atom stereocenters. The Labute approximate surface area is 194 Å². The molecule has 31 heavy (non-hydrogen) atoms. The number of methoxy groups -OCH3 is 1. The van der Waals surface area contributed by atoms with Crippen molar-refractivity contribution in [3.63, 3.8) is 0 Å². The van der Waals surface area contributed by atoms with Crippen molar-refractivity contribution >= 4 is 35.0 Å². The van der Waals surface area contributed by atoms with E-state index in [4.69, 9.17) is 27.9 Å². The molecule has 2 rings (SSSR count). The van der Waals surface area contributed by atoms with Gasteiger partial charge in [0.2, 0.25) is 11.8 Å². The van der Waals surface area contributed by atoms with Crippen molar-refractivity contribution in [2.45, 2.75) is 52.1 Å². The molecule has 168 valence electrons. The Morgan fingerprint density at radius 3 is 2.39 bits per heavy atom. The second-order valence-corrected chi connectivity index (χ2v) is 8.19. The third-order valence-electron chi connectivity index (χ3n) is 5.08. The van der Waals surface area contributed by atoms with Crippen LogP contribution < -0.4 is 10.1 Å². The number of nitrogens with zero attached hydrogens (tertiary/aromatic N) is 1. The Balaban J connectivity index is 2.27. The van der Waals surface area contributed by atoms with Crippen LogP contribution in [0.15, 0.2) is 42.5 Å². The minimum Gasteiger partial charge on any atom is -0.497 e. The van der Waals surface area contributed by atoms with Crippen molar-refractivity contribution in [3.05, 3.63) is 63.6 Å². The van der Waals surface area contributed by atoms with Gasteiger partial charge in [0.1, 0.15) is 11.8 Å². The summed E-state index contributed by atoms with van der Waals surface area (Å²) < 4.78 is 5.22. The number of unbranched alkanes of at least 4 members (excludes halogenated alkanes) is 1. The van der Waals surface area contributed by atoms with Crippen LogP contribution in [0.4, 0.5) is 0 Å². The topological polar surface area (TPSA) is 58.6 Å². The minimum atomic E-state index is -0.572. The molecular formula is C24H30Cl2N2O3. The molecule has 0 aliphatic carbocycles. The van der Waals surface area contributed by atoms with Crippen LogP contribution in [-0.4, -0.2) is 36.4 Å². The van der Waals surface area contributed by atoms with E-state index in [1.165, 1.54) is 0 Å². The molecule has 0 saturated carbocycles. The fraction of sp³-hybridized carbons (Fsp3) is 0.417. The van der Waals surface area contributed by atoms with Gasteiger partial charge in [-0.3, -0.25) is 9.59 Å². The molecule has 0 fully saturated rings. The summed E-state index contributed by atoms with van der Waals surface area (Å²) in [5.74, 6) is 0.427. The Morgan fingerprint density at radius 1 is 1.10 bits per heavy atom. The Morgan fingerprint density at radius 2 is 1.81 bits per heavy atom. The minimum absolute atomic E-state index is 0.0882. The van der Waals surface area contributed by atoms with E-state index >= 15 is 0 Å². The van der Waals surface area contributed by atoms with Crippen LogP contribution in [0.1, 0.15) is 44.2 Å². The van der Waals surface area contributed by atoms with Gasteiger partial charge in [-0.05, 0) is 48.2 Å². The average Bonchev–Trinajstić information content (AvgIpc) is 2.76. The molecule has 2 amide bonds. The molecule has 0 aliphatic rings. The summed E-state index contributed by atoms with van der Waals surface area (Å²) in [6, 6.07) is 12.0. The summed E-state index contributed by atoms with van der Waals surface area (Å²) in [6.45, 7) is 4.89. The number of nitrogens with one attached hydrogen (secondary N) is 1. The van der Waals surface area contributed by atoms with Gasteiger partial charge in [-0.1, -0.05) is 61.7 Å². The zero-order chi connectivity index (χ0) is 22.8. The van der Waals surface area contributed by atoms with Crippen molar-refractivity contribution in [2.75, 3.05) is 13.7 Å². The van der Waals surface area contributed by atoms with Crippen molar-refractivity contribution in [2.24, 2.45) is 0 Å². The van der Waals surface area contributed by atoms with Gasteiger partial charge in [-0.15, -0.1) is 0 Å². The van der Waals surface area contributed by atoms with Crippen molar-refractivity contribution in [1.29, 1.82) is 0 Å². The Bertz CT molecular complexity index is 872. The van der Waals surface area contributed by atoms with Crippen LogP contribution in [0.25, 0.3) is 0 Å². The first-order valence-electron chi connectivity index (χ1n) is 10.5. The monoisotopic (exact) mass is 464 g/mol. The molecule has 0 spiro atoms. The molecular weight excluding hydrogens is 435 g/mol. The van der Waals surface area contributed by atoms with Gasteiger partial charge in [-0.25, -0.2) is 0 Å². The van der Waals surface area contributed by atoms with Gasteiger partial charge in [0, 0.05) is 23.1 Å². The van der Waals surface area contributed by atoms with E-state index in [1.807, 2.05) is 31.2 Å². The SMILES string of the molecule is CCCCNC(=O)C(CC)N(Cc1ccc(OC)cc1)C(=O)Cc1ccc(Cl)cc1Cl. The van der Waals surface area contributed by atoms with Crippen LogP contribution >= 0.6 is 23.2 Å². The lowest BCUT2D eigenvalue weighted by atomic mass is 10.1. The number of carbonyl (C=O) groups excluding carboxylic acids is 2. The second-order valence-electron chi connectivity index (χ2n) is 7.35. The first-order chi connectivity index (χ1) is 14.9. The van der Waals surface area contributed by atoms with Crippen molar-refractivity contribution < 1.29 is 14.3 Å². The van der Waals surface area contributed by atoms with Crippen molar-refractivity contribution in [3.8, 4) is 5.75 Å². The highest BCUT2D eigenvalue weighted by atomic mass is 35.5. The molecule has 0 aromatic heterocycles. The highest BCUT2D eigenvalue weighted by Crippen LogP contribution is 2.23. The van der Waals surface area contributed by atoms with Gasteiger partial charge >= 0.3 is 0 Å². The van der Waals surface area contributed by atoms with E-state index in [-0.39, 0.29) is 18.2 Å². The van der Waals surface area contributed by atoms with E-state index < -0.39 is 6.04 Å². The van der Waals surface area contributed by atoms with Crippen LogP contribution in [-0.2, 0) is 22.6 Å². The number of hydrogen-bond acceptors (Lipinski definition) is 3. The lowest BCUT2D eigenvalue weighted by Gasteiger charge is -2.31. The number of carbonyl (C=O) groups is 2. The molecule has 0 heterocycles. The van der Waals surface area contributed by atoms with E-state index in [2.05, 4.69) is 12.2 Å². The third-order valence-corrected chi connectivity index (χ3v) is 5.67. The largest absolute Gasteiger partial charge is 0.497 e. The van der Waals surface area contributed by atoms with E-state index in [9.17, 15) is 9.59 Å². The highest BCUT2D eigenvalue weighted by Gasteiger charge is 2.28. The predicted molar refractivity (Wildman–Crippen MR) is 126 cm³/mol. The molecule has 0 saturated heterocycles. The molecule has 1 unspecified atom stereocenters. The number of rotatable bonds is 11. The lowest BCUT2D eigenvalue weighted by Crippen LogP contribution is -2.49. The van der Waals surface area contributed by atoms with Gasteiger partial charge in [0.25, 0.3) is 0 Å². The number of halogens is 2. The third kappa shape index (κ3) is 7.44. The zero-order valence-electron chi connectivity index (χ0n) is 18.3. The van der Waals surface area contributed by atoms with Crippen molar-refractivity contribution in [1.82, 2.24) is 10.2 Å². The Hall–Kier alpha value is -2.24. The van der Waals surface area contributed by atoms with Crippen LogP contribution in [0.5, 0.6) is 5.75 Å². The summed E-state index contributed by atoms with van der Waals surface area (Å²) in [6.07, 6.45) is 2.48. The quantitative estimate of drug-likeness (QED) is 0.460. The maximum absolute atomic E-state index is 13.3. The summed E-state index contributed by atoms with van der Waals surface area (Å²) in [5, 5.41) is 3.91. The van der Waals surface area contributed by atoms with Crippen LogP contribution in [0.2, 0.25) is 10.0 Å². The molecule has 2 aromatic rings. The van der Waals surface area contributed by atoms with E-state index in [1.54, 1.807) is 30.2 Å². The first kappa shape index (κ1) is 25.0. The molecule has 1 N–H and O–H groups in total. The van der Waals surface area contributed by atoms with Gasteiger partial charge in [0.05, 0.1) is 13.5 Å². The molecule has 7 heteroatoms. The van der Waals surface area contributed by atoms with Gasteiger partial charge in [0.15, 0.2) is 0 Å². The summed E-state index contributed by atoms with van der Waals surface area (Å²) in [5.41, 5.74) is 1.59. The molecule has 2 aromatic carbocycles. The van der Waals surface area contributed by atoms with E-state index in [0.717, 1.165) is 24.2 Å². The zero-order valence-corrected chi connectivity index (χ0v) is 19.8. The van der Waals surface area contributed by atoms with E-state index in [0.29, 0.717) is 35.1 Å². The number of ether oxygens (including phenoxy) is 1. The van der Waals surface area contributed by atoms with Crippen LogP contribution in [0, 0.1) is 0 Å². The van der Waals surface area contributed by atoms with Gasteiger partial charge in [-0.2, -0.15) is 0 Å². The van der Waals surface area contributed by atoms with Crippen LogP contribution in [0.3, 0.4) is 0 Å². The second kappa shape index (κ2) is 12.6. The summed E-state index contributed by atoms with van der Waals surface area (Å²) in [4.78, 5) is 27.9. The standard InChI is InChI=1S/C24H30Cl2N2O3/c1-4-6-13-27-24(30)22(5-2)28(16-17-7-11-20(31-3)12-8-17)23(29)14-18-9-10-19(25)15-21(18)26/h7-12,15,22H,4-6,13-14,16H2,1-3H3,(H,27,30). The number of amides is 2. The maximum Gasteiger partial charge on any atom is 0.242 e. The summed E-state index contributed by atoms with van der Waals surface area (Å²) in [7, 11) is 1.61. The lowest BCUT2D eigenvalue weighted by molar-refractivity contribution is -0.140. The normalized spacial score (nSPS) is 11.6. The Kier molecular flexibility index (Phi) is 10.2. The average molecular weight is 465 g/mol. The van der Waals surface area contributed by atoms with Gasteiger partial charge < -0.3 is 15.0 Å². The number of benzene rings is 2. The fourth-order valence-corrected chi connectivity index (χ4v) is 3.76. The smallest absolute Gasteiger partial charge is 0.242 e. The highest BCUT2D eigenvalue weighted by molar-refractivity contribution is 6.35. The fourth-order valence-electron chi connectivity index (χ4n) is 3.28. The maximum atomic E-state index is 13.3. The molecule has 5 nitrogen and oxygen atoms in total. The molecule has 0 bridgehead atoms. The number of hydrogen-bond donors (Lipinski definition) is 1.